The molecule has 0 bridgehead atoms. The molecule has 0 radical (unpaired) electrons. The molecule has 2 N–H and O–H groups in total. The van der Waals surface area contributed by atoms with Gasteiger partial charge in [-0.15, -0.1) is 0 Å². The van der Waals surface area contributed by atoms with Gasteiger partial charge in [-0.2, -0.15) is 0 Å². The second kappa shape index (κ2) is 5.53. The Kier molecular flexibility index (Phi) is 3.98. The molecule has 2 aromatic rings. The van der Waals surface area contributed by atoms with Crippen LogP contribution in [0.15, 0.2) is 36.5 Å². The van der Waals surface area contributed by atoms with Crippen LogP contribution in [-0.2, 0) is 12.0 Å². The molecule has 0 amide bonds. The average Bonchev–Trinajstić information content (AvgIpc) is 2.38. The number of hydrogen-bond acceptors (Lipinski definition) is 3. The van der Waals surface area contributed by atoms with Gasteiger partial charge < -0.3 is 10.5 Å². The Morgan fingerprint density at radius 1 is 1.20 bits per heavy atom. The van der Waals surface area contributed by atoms with Gasteiger partial charge in [-0.05, 0) is 30.0 Å². The Bertz CT molecular complexity index is 600. The summed E-state index contributed by atoms with van der Waals surface area (Å²) in [4.78, 5) is 4.07. The molecule has 3 nitrogen and oxygen atoms in total. The molecular formula is C17H22N2O. The molecule has 0 saturated carbocycles. The highest BCUT2D eigenvalue weighted by molar-refractivity contribution is 5.42. The number of aryl methyl sites for hydroxylation is 1. The smallest absolute Gasteiger partial charge is 0.129 e. The summed E-state index contributed by atoms with van der Waals surface area (Å²) >= 11 is 0. The van der Waals surface area contributed by atoms with Crippen LogP contribution in [-0.4, -0.2) is 4.98 Å². The van der Waals surface area contributed by atoms with E-state index in [4.69, 9.17) is 10.5 Å². The number of rotatable bonds is 3. The topological polar surface area (TPSA) is 48.1 Å². The molecule has 1 aromatic carbocycles. The SMILES string of the molecule is Cc1ccc(OCc2cccnc2N)c(C(C)(C)C)c1. The number of benzene rings is 1. The lowest BCUT2D eigenvalue weighted by atomic mass is 9.85. The van der Waals surface area contributed by atoms with Gasteiger partial charge in [0.15, 0.2) is 0 Å². The van der Waals surface area contributed by atoms with E-state index in [1.807, 2.05) is 18.2 Å². The van der Waals surface area contributed by atoms with Gasteiger partial charge in [-0.25, -0.2) is 4.98 Å². The highest BCUT2D eigenvalue weighted by Gasteiger charge is 2.19. The third-order valence-corrected chi connectivity index (χ3v) is 3.25. The number of nitrogens with two attached hydrogens (primary N) is 1. The third-order valence-electron chi connectivity index (χ3n) is 3.25. The van der Waals surface area contributed by atoms with Crippen LogP contribution in [0.4, 0.5) is 5.82 Å². The molecule has 1 aromatic heterocycles. The Balaban J connectivity index is 2.24. The van der Waals surface area contributed by atoms with Crippen molar-refractivity contribution in [2.24, 2.45) is 0 Å². The summed E-state index contributed by atoms with van der Waals surface area (Å²) in [7, 11) is 0. The zero-order valence-electron chi connectivity index (χ0n) is 12.6. The summed E-state index contributed by atoms with van der Waals surface area (Å²) in [5, 5.41) is 0. The molecule has 0 aliphatic rings. The first kappa shape index (κ1) is 14.4. The summed E-state index contributed by atoms with van der Waals surface area (Å²) < 4.78 is 5.97. The number of aromatic nitrogens is 1. The monoisotopic (exact) mass is 270 g/mol. The van der Waals surface area contributed by atoms with Crippen LogP contribution in [0.5, 0.6) is 5.75 Å². The van der Waals surface area contributed by atoms with Crippen LogP contribution in [0.3, 0.4) is 0 Å². The Hall–Kier alpha value is -2.03. The summed E-state index contributed by atoms with van der Waals surface area (Å²) in [6.07, 6.45) is 1.69. The van der Waals surface area contributed by atoms with Crippen molar-refractivity contribution in [3.05, 3.63) is 53.2 Å². The van der Waals surface area contributed by atoms with E-state index in [0.29, 0.717) is 12.4 Å². The maximum absolute atomic E-state index is 5.97. The first-order valence-corrected chi connectivity index (χ1v) is 6.81. The highest BCUT2D eigenvalue weighted by atomic mass is 16.5. The fraction of sp³-hybridized carbons (Fsp3) is 0.353. The van der Waals surface area contributed by atoms with E-state index < -0.39 is 0 Å². The van der Waals surface area contributed by atoms with E-state index >= 15 is 0 Å². The molecule has 0 saturated heterocycles. The number of nitrogen functional groups attached to an aromatic ring is 1. The zero-order valence-corrected chi connectivity index (χ0v) is 12.6. The lowest BCUT2D eigenvalue weighted by Crippen LogP contribution is -2.14. The van der Waals surface area contributed by atoms with Crippen LogP contribution in [0.2, 0.25) is 0 Å². The number of anilines is 1. The van der Waals surface area contributed by atoms with Gasteiger partial charge in [-0.1, -0.05) is 44.5 Å². The molecule has 20 heavy (non-hydrogen) atoms. The standard InChI is InChI=1S/C17H22N2O/c1-12-7-8-15(14(10-12)17(2,3)4)20-11-13-6-5-9-19-16(13)18/h5-10H,11H2,1-4H3,(H2,18,19). The molecule has 0 spiro atoms. The van der Waals surface area contributed by atoms with Crippen molar-refractivity contribution in [1.82, 2.24) is 4.98 Å². The minimum Gasteiger partial charge on any atom is -0.488 e. The van der Waals surface area contributed by atoms with E-state index in [9.17, 15) is 0 Å². The summed E-state index contributed by atoms with van der Waals surface area (Å²) in [5.41, 5.74) is 9.24. The molecule has 1 heterocycles. The van der Waals surface area contributed by atoms with Gasteiger partial charge in [0.2, 0.25) is 0 Å². The van der Waals surface area contributed by atoms with Crippen LogP contribution >= 0.6 is 0 Å². The number of hydrogen-bond donors (Lipinski definition) is 1. The zero-order chi connectivity index (χ0) is 14.8. The summed E-state index contributed by atoms with van der Waals surface area (Å²) in [6, 6.07) is 10.1. The molecular weight excluding hydrogens is 248 g/mol. The van der Waals surface area contributed by atoms with Gasteiger partial charge in [0.25, 0.3) is 0 Å². The minimum absolute atomic E-state index is 0.0435. The predicted molar refractivity (Wildman–Crippen MR) is 82.9 cm³/mol. The normalized spacial score (nSPS) is 11.4. The van der Waals surface area contributed by atoms with Crippen molar-refractivity contribution >= 4 is 5.82 Å². The number of pyridine rings is 1. The number of ether oxygens (including phenoxy) is 1. The van der Waals surface area contributed by atoms with Gasteiger partial charge in [0.1, 0.15) is 18.2 Å². The van der Waals surface area contributed by atoms with Gasteiger partial charge in [0, 0.05) is 11.8 Å². The molecule has 3 heteroatoms. The number of nitrogens with zero attached hydrogens (tertiary/aromatic N) is 1. The predicted octanol–water partition coefficient (Wildman–Crippen LogP) is 3.85. The summed E-state index contributed by atoms with van der Waals surface area (Å²) in [5.74, 6) is 1.43. The second-order valence-corrected chi connectivity index (χ2v) is 6.09. The largest absolute Gasteiger partial charge is 0.488 e. The van der Waals surface area contributed by atoms with Gasteiger partial charge in [0.05, 0.1) is 0 Å². The fourth-order valence-electron chi connectivity index (χ4n) is 2.08. The van der Waals surface area contributed by atoms with Crippen LogP contribution in [0, 0.1) is 6.92 Å². The van der Waals surface area contributed by atoms with E-state index in [0.717, 1.165) is 11.3 Å². The molecule has 0 unspecified atom stereocenters. The van der Waals surface area contributed by atoms with E-state index in [1.165, 1.54) is 11.1 Å². The molecule has 0 atom stereocenters. The molecule has 0 fully saturated rings. The second-order valence-electron chi connectivity index (χ2n) is 6.09. The first-order chi connectivity index (χ1) is 9.38. The Morgan fingerprint density at radius 3 is 2.60 bits per heavy atom. The fourth-order valence-corrected chi connectivity index (χ4v) is 2.08. The highest BCUT2D eigenvalue weighted by Crippen LogP contribution is 2.32. The maximum Gasteiger partial charge on any atom is 0.129 e. The third kappa shape index (κ3) is 3.29. The van der Waals surface area contributed by atoms with Crippen LogP contribution < -0.4 is 10.5 Å². The molecule has 0 aliphatic carbocycles. The quantitative estimate of drug-likeness (QED) is 0.921. The molecule has 106 valence electrons. The minimum atomic E-state index is 0.0435. The van der Waals surface area contributed by atoms with Gasteiger partial charge >= 0.3 is 0 Å². The first-order valence-electron chi connectivity index (χ1n) is 6.81. The van der Waals surface area contributed by atoms with Gasteiger partial charge in [-0.3, -0.25) is 0 Å². The summed E-state index contributed by atoms with van der Waals surface area (Å²) in [6.45, 7) is 9.09. The van der Waals surface area contributed by atoms with E-state index in [-0.39, 0.29) is 5.41 Å². The van der Waals surface area contributed by atoms with E-state index in [2.05, 4.69) is 44.8 Å². The van der Waals surface area contributed by atoms with Crippen LogP contribution in [0.25, 0.3) is 0 Å². The average molecular weight is 270 g/mol. The lowest BCUT2D eigenvalue weighted by molar-refractivity contribution is 0.298. The van der Waals surface area contributed by atoms with Crippen molar-refractivity contribution in [2.45, 2.75) is 39.7 Å². The Morgan fingerprint density at radius 2 is 1.95 bits per heavy atom. The lowest BCUT2D eigenvalue weighted by Gasteiger charge is -2.23. The van der Waals surface area contributed by atoms with Crippen molar-refractivity contribution in [2.75, 3.05) is 5.73 Å². The van der Waals surface area contributed by atoms with Crippen molar-refractivity contribution in [3.63, 3.8) is 0 Å². The molecule has 0 aliphatic heterocycles. The van der Waals surface area contributed by atoms with Crippen molar-refractivity contribution in [3.8, 4) is 5.75 Å². The Labute approximate surface area is 120 Å². The van der Waals surface area contributed by atoms with Crippen LogP contribution in [0.1, 0.15) is 37.5 Å². The van der Waals surface area contributed by atoms with Crippen molar-refractivity contribution in [1.29, 1.82) is 0 Å². The van der Waals surface area contributed by atoms with Crippen molar-refractivity contribution < 1.29 is 4.74 Å². The maximum atomic E-state index is 5.97. The molecule has 2 rings (SSSR count). The van der Waals surface area contributed by atoms with E-state index in [1.54, 1.807) is 6.20 Å².